The molecule has 3 heterocycles. The molecule has 0 bridgehead atoms. The fourth-order valence-electron chi connectivity index (χ4n) is 4.87. The monoisotopic (exact) mass is 523 g/mol. The lowest BCUT2D eigenvalue weighted by molar-refractivity contribution is -0.384. The summed E-state index contributed by atoms with van der Waals surface area (Å²) in [5.41, 5.74) is 2.03. The predicted octanol–water partition coefficient (Wildman–Crippen LogP) is 3.41. The fraction of sp³-hybridized carbons (Fsp3) is 0.346. The van der Waals surface area contributed by atoms with Crippen molar-refractivity contribution in [2.75, 3.05) is 17.3 Å². The second-order valence-corrected chi connectivity index (χ2v) is 10.1. The molecule has 3 aliphatic rings. The second-order valence-electron chi connectivity index (χ2n) is 8.95. The van der Waals surface area contributed by atoms with E-state index >= 15 is 0 Å². The van der Waals surface area contributed by atoms with Gasteiger partial charge in [0, 0.05) is 37.1 Å². The summed E-state index contributed by atoms with van der Waals surface area (Å²) in [6, 6.07) is 14.0. The third-order valence-corrected chi connectivity index (χ3v) is 7.94. The van der Waals surface area contributed by atoms with Crippen LogP contribution in [0.25, 0.3) is 0 Å². The van der Waals surface area contributed by atoms with Crippen LogP contribution < -0.4 is 4.90 Å². The van der Waals surface area contributed by atoms with Crippen molar-refractivity contribution in [3.63, 3.8) is 0 Å². The molecule has 2 fully saturated rings. The molecular weight excluding hydrogens is 498 g/mol. The minimum absolute atomic E-state index is 0.0590. The van der Waals surface area contributed by atoms with Crippen molar-refractivity contribution in [3.05, 3.63) is 81.5 Å². The summed E-state index contributed by atoms with van der Waals surface area (Å²) in [7, 11) is 0. The topological polar surface area (TPSA) is 119 Å². The molecule has 2 amide bonds. The van der Waals surface area contributed by atoms with Gasteiger partial charge in [-0.05, 0) is 48.2 Å². The summed E-state index contributed by atoms with van der Waals surface area (Å²) in [5.74, 6) is -0.803. The van der Waals surface area contributed by atoms with Crippen LogP contribution in [0.15, 0.2) is 65.9 Å². The zero-order valence-corrected chi connectivity index (χ0v) is 20.9. The number of carbonyl (C=O) groups is 3. The molecule has 37 heavy (non-hydrogen) atoms. The highest BCUT2D eigenvalue weighted by molar-refractivity contribution is 8.00. The lowest BCUT2D eigenvalue weighted by atomic mass is 9.97. The molecule has 3 atom stereocenters. The van der Waals surface area contributed by atoms with Gasteiger partial charge in [0.25, 0.3) is 11.6 Å². The quantitative estimate of drug-likeness (QED) is 0.234. The van der Waals surface area contributed by atoms with Gasteiger partial charge in [-0.25, -0.2) is 4.79 Å². The van der Waals surface area contributed by atoms with Crippen molar-refractivity contribution in [2.45, 2.75) is 43.9 Å². The number of nitrogens with zero attached hydrogens (tertiary/aromatic N) is 3. The molecule has 3 aliphatic heterocycles. The number of β-lactam (4-membered cyclic amide) rings is 1. The molecule has 2 saturated heterocycles. The third-order valence-electron chi connectivity index (χ3n) is 6.65. The van der Waals surface area contributed by atoms with Crippen LogP contribution in [0, 0.1) is 10.1 Å². The third kappa shape index (κ3) is 4.72. The Hall–Kier alpha value is -3.70. The Kier molecular flexibility index (Phi) is 6.98. The number of fused-ring (bicyclic) bond motifs is 1. The molecule has 0 radical (unpaired) electrons. The first kappa shape index (κ1) is 25.0. The number of hydrogen-bond donors (Lipinski definition) is 0. The first-order valence-electron chi connectivity index (χ1n) is 11.9. The molecule has 5 rings (SSSR count). The number of nitro groups is 1. The van der Waals surface area contributed by atoms with E-state index in [1.807, 2.05) is 6.07 Å². The molecule has 0 aliphatic carbocycles. The number of esters is 1. The number of para-hydroxylation sites is 1. The Bertz CT molecular complexity index is 1260. The van der Waals surface area contributed by atoms with Crippen molar-refractivity contribution in [1.82, 2.24) is 4.90 Å². The van der Waals surface area contributed by atoms with E-state index < -0.39 is 22.3 Å². The van der Waals surface area contributed by atoms with Crippen molar-refractivity contribution in [3.8, 4) is 0 Å². The van der Waals surface area contributed by atoms with Crippen LogP contribution in [0.3, 0.4) is 0 Å². The van der Waals surface area contributed by atoms with E-state index in [4.69, 9.17) is 9.47 Å². The van der Waals surface area contributed by atoms with E-state index in [9.17, 15) is 24.5 Å². The summed E-state index contributed by atoms with van der Waals surface area (Å²) in [6.07, 6.45) is 1.32. The van der Waals surface area contributed by atoms with E-state index in [-0.39, 0.29) is 35.9 Å². The van der Waals surface area contributed by atoms with E-state index in [1.54, 1.807) is 24.3 Å². The van der Waals surface area contributed by atoms with Gasteiger partial charge in [-0.1, -0.05) is 18.2 Å². The summed E-state index contributed by atoms with van der Waals surface area (Å²) in [5, 5.41) is 10.5. The Labute approximate surface area is 217 Å². The summed E-state index contributed by atoms with van der Waals surface area (Å²) in [4.78, 5) is 52.8. The maximum Gasteiger partial charge on any atom is 0.355 e. The van der Waals surface area contributed by atoms with Crippen LogP contribution in [0.1, 0.15) is 25.3 Å². The maximum atomic E-state index is 13.5. The van der Waals surface area contributed by atoms with E-state index in [0.29, 0.717) is 29.2 Å². The van der Waals surface area contributed by atoms with Gasteiger partial charge in [0.15, 0.2) is 0 Å². The molecule has 11 heteroatoms. The van der Waals surface area contributed by atoms with Crippen LogP contribution in [0.5, 0.6) is 0 Å². The standard InChI is InChI=1S/C26H25N3O7S/c1-16(30)27(18-6-3-2-4-7-18)23-24(31)28-22(20(15-37-25(23)28)21-8-5-13-35-21)26(32)36-14-17-9-11-19(12-10-17)29(33)34/h2-4,6-7,9-12,21,23,25H,5,8,13-15H2,1H3. The highest BCUT2D eigenvalue weighted by Crippen LogP contribution is 2.45. The van der Waals surface area contributed by atoms with Gasteiger partial charge in [-0.3, -0.25) is 29.5 Å². The van der Waals surface area contributed by atoms with Crippen molar-refractivity contribution in [2.24, 2.45) is 0 Å². The van der Waals surface area contributed by atoms with Gasteiger partial charge in [-0.2, -0.15) is 0 Å². The van der Waals surface area contributed by atoms with Crippen LogP contribution in [0.4, 0.5) is 11.4 Å². The van der Waals surface area contributed by atoms with Crippen LogP contribution in [-0.2, 0) is 30.5 Å². The number of ether oxygens (including phenoxy) is 2. The Morgan fingerprint density at radius 1 is 1.19 bits per heavy atom. The second kappa shape index (κ2) is 10.3. The Balaban J connectivity index is 1.40. The first-order chi connectivity index (χ1) is 17.9. The van der Waals surface area contributed by atoms with Gasteiger partial charge in [0.1, 0.15) is 23.7 Å². The molecule has 0 N–H and O–H groups in total. The minimum Gasteiger partial charge on any atom is -0.456 e. The molecule has 10 nitrogen and oxygen atoms in total. The van der Waals surface area contributed by atoms with E-state index in [2.05, 4.69) is 0 Å². The van der Waals surface area contributed by atoms with Gasteiger partial charge >= 0.3 is 5.97 Å². The zero-order chi connectivity index (χ0) is 26.1. The number of thioether (sulfide) groups is 1. The molecule has 2 aromatic rings. The number of amides is 2. The predicted molar refractivity (Wildman–Crippen MR) is 135 cm³/mol. The van der Waals surface area contributed by atoms with Gasteiger partial charge in [0.05, 0.1) is 11.0 Å². The van der Waals surface area contributed by atoms with Gasteiger partial charge in [-0.15, -0.1) is 11.8 Å². The summed E-state index contributed by atoms with van der Waals surface area (Å²) >= 11 is 1.50. The number of benzene rings is 2. The Morgan fingerprint density at radius 3 is 2.54 bits per heavy atom. The van der Waals surface area contributed by atoms with E-state index in [1.165, 1.54) is 52.8 Å². The first-order valence-corrected chi connectivity index (χ1v) is 13.0. The number of carbonyl (C=O) groups excluding carboxylic acids is 3. The minimum atomic E-state index is -0.742. The normalized spacial score (nSPS) is 22.8. The van der Waals surface area contributed by atoms with Crippen LogP contribution in [0.2, 0.25) is 0 Å². The molecule has 0 aromatic heterocycles. The highest BCUT2D eigenvalue weighted by atomic mass is 32.2. The number of non-ortho nitro benzene ring substituents is 1. The van der Waals surface area contributed by atoms with E-state index in [0.717, 1.165) is 12.8 Å². The smallest absolute Gasteiger partial charge is 0.355 e. The van der Waals surface area contributed by atoms with Gasteiger partial charge in [0.2, 0.25) is 5.91 Å². The van der Waals surface area contributed by atoms with Crippen LogP contribution in [-0.4, -0.2) is 57.5 Å². The zero-order valence-electron chi connectivity index (χ0n) is 20.1. The largest absolute Gasteiger partial charge is 0.456 e. The summed E-state index contributed by atoms with van der Waals surface area (Å²) < 4.78 is 11.4. The van der Waals surface area contributed by atoms with Crippen molar-refractivity contribution in [1.29, 1.82) is 0 Å². The molecule has 192 valence electrons. The molecular formula is C26H25N3O7S. The lowest BCUT2D eigenvalue weighted by Crippen LogP contribution is -2.71. The molecule has 0 spiro atoms. The average Bonchev–Trinajstić information content (AvgIpc) is 3.44. The van der Waals surface area contributed by atoms with Crippen molar-refractivity contribution < 1.29 is 28.8 Å². The fourth-order valence-corrected chi connectivity index (χ4v) is 6.33. The Morgan fingerprint density at radius 2 is 1.92 bits per heavy atom. The summed E-state index contributed by atoms with van der Waals surface area (Å²) in [6.45, 7) is 1.89. The lowest BCUT2D eigenvalue weighted by Gasteiger charge is -2.53. The number of anilines is 1. The number of hydrogen-bond acceptors (Lipinski definition) is 8. The molecule has 2 aromatic carbocycles. The SMILES string of the molecule is CC(=O)N(c1ccccc1)C1C(=O)N2C(C(=O)OCc3ccc([N+](=O)[O-])cc3)=C(C3CCCO3)CSC12. The van der Waals surface area contributed by atoms with Gasteiger partial charge < -0.3 is 9.47 Å². The van der Waals surface area contributed by atoms with Crippen molar-refractivity contribution >= 4 is 40.9 Å². The van der Waals surface area contributed by atoms with Crippen LogP contribution >= 0.6 is 11.8 Å². The molecule has 3 unspecified atom stereocenters. The molecule has 0 saturated carbocycles. The maximum absolute atomic E-state index is 13.5. The highest BCUT2D eigenvalue weighted by Gasteiger charge is 2.57. The number of rotatable bonds is 7. The number of nitro benzene ring substituents is 1. The average molecular weight is 524 g/mol.